The van der Waals surface area contributed by atoms with E-state index in [1.54, 1.807) is 13.8 Å². The minimum Gasteiger partial charge on any atom is -0.481 e. The van der Waals surface area contributed by atoms with Gasteiger partial charge in [0.05, 0.1) is 12.5 Å². The van der Waals surface area contributed by atoms with Crippen LogP contribution in [0.1, 0.15) is 46.0 Å². The predicted octanol–water partition coefficient (Wildman–Crippen LogP) is -3.10. The Labute approximate surface area is 207 Å². The maximum absolute atomic E-state index is 12.7. The van der Waals surface area contributed by atoms with Gasteiger partial charge >= 0.3 is 17.9 Å². The molecule has 0 spiro atoms. The fraction of sp³-hybridized carbons (Fsp3) is 0.650. The number of aliphatic carboxylic acids is 3. The zero-order chi connectivity index (χ0) is 28.0. The molecular weight excluding hydrogens is 482 g/mol. The third kappa shape index (κ3) is 13.1. The van der Waals surface area contributed by atoms with Crippen molar-refractivity contribution in [1.82, 2.24) is 16.0 Å². The number of carbonyl (C=O) groups is 6. The van der Waals surface area contributed by atoms with E-state index in [-0.39, 0.29) is 31.3 Å². The normalized spacial score (nSPS) is 14.0. The molecule has 0 aliphatic rings. The molecule has 4 atom stereocenters. The predicted molar refractivity (Wildman–Crippen MR) is 125 cm³/mol. The Kier molecular flexibility index (Phi) is 14.1. The van der Waals surface area contributed by atoms with Crippen molar-refractivity contribution in [1.29, 1.82) is 0 Å². The van der Waals surface area contributed by atoms with Crippen LogP contribution in [0.3, 0.4) is 0 Å². The number of guanidine groups is 1. The van der Waals surface area contributed by atoms with Crippen molar-refractivity contribution in [3.05, 3.63) is 0 Å². The van der Waals surface area contributed by atoms with Gasteiger partial charge in [0.1, 0.15) is 18.1 Å². The summed E-state index contributed by atoms with van der Waals surface area (Å²) in [4.78, 5) is 75.2. The van der Waals surface area contributed by atoms with Crippen LogP contribution in [0.5, 0.6) is 0 Å². The lowest BCUT2D eigenvalue weighted by Gasteiger charge is -2.25. The first-order valence-electron chi connectivity index (χ1n) is 11.0. The number of carboxylic acid groups (broad SMARTS) is 3. The second-order valence-corrected chi connectivity index (χ2v) is 8.27. The molecule has 0 heterocycles. The standard InChI is InChI=1S/C20H35N7O9/c1-9(2)15(21)18(34)27-12(8-14(30)31)17(33)25-10(5-6-13(28)29)16(32)26-11(19(35)36)4-3-7-24-20(22)23/h9-12,15H,3-8,21H2,1-2H3,(H,25,33)(H,26,32)(H,27,34)(H,28,29)(H,30,31)(H,35,36)(H4,22,23,24)/t10-,11-,12-,15-/m0/s1. The molecular formula is C20H35N7O9. The van der Waals surface area contributed by atoms with Gasteiger partial charge in [-0.15, -0.1) is 0 Å². The van der Waals surface area contributed by atoms with Crippen molar-refractivity contribution in [2.24, 2.45) is 28.1 Å². The molecule has 0 aliphatic heterocycles. The molecule has 0 radical (unpaired) electrons. The van der Waals surface area contributed by atoms with Gasteiger partial charge in [0.2, 0.25) is 17.7 Å². The molecule has 0 saturated heterocycles. The van der Waals surface area contributed by atoms with Crippen molar-refractivity contribution >= 4 is 41.6 Å². The first kappa shape index (κ1) is 32.0. The van der Waals surface area contributed by atoms with Gasteiger partial charge < -0.3 is 48.5 Å². The number of amides is 3. The molecule has 36 heavy (non-hydrogen) atoms. The van der Waals surface area contributed by atoms with Gasteiger partial charge in [0.15, 0.2) is 5.96 Å². The molecule has 16 nitrogen and oxygen atoms in total. The Morgan fingerprint density at radius 2 is 1.31 bits per heavy atom. The molecule has 0 aromatic heterocycles. The van der Waals surface area contributed by atoms with Gasteiger partial charge in [-0.1, -0.05) is 13.8 Å². The van der Waals surface area contributed by atoms with E-state index < -0.39 is 79.1 Å². The van der Waals surface area contributed by atoms with E-state index in [9.17, 15) is 33.9 Å². The van der Waals surface area contributed by atoms with Crippen LogP contribution in [0.4, 0.5) is 0 Å². The van der Waals surface area contributed by atoms with Crippen LogP contribution in [0.15, 0.2) is 4.99 Å². The highest BCUT2D eigenvalue weighted by Gasteiger charge is 2.32. The van der Waals surface area contributed by atoms with Crippen LogP contribution in [-0.2, 0) is 28.8 Å². The molecule has 12 N–H and O–H groups in total. The van der Waals surface area contributed by atoms with Gasteiger partial charge in [0.25, 0.3) is 0 Å². The average Bonchev–Trinajstić information content (AvgIpc) is 2.76. The van der Waals surface area contributed by atoms with Crippen LogP contribution in [0, 0.1) is 5.92 Å². The largest absolute Gasteiger partial charge is 0.481 e. The van der Waals surface area contributed by atoms with Crippen molar-refractivity contribution in [2.45, 2.75) is 70.1 Å². The lowest BCUT2D eigenvalue weighted by molar-refractivity contribution is -0.144. The molecule has 0 aromatic rings. The zero-order valence-electron chi connectivity index (χ0n) is 20.1. The summed E-state index contributed by atoms with van der Waals surface area (Å²) < 4.78 is 0. The molecule has 0 fully saturated rings. The Balaban J connectivity index is 5.57. The zero-order valence-corrected chi connectivity index (χ0v) is 20.1. The number of aliphatic imine (C=N–C) groups is 1. The van der Waals surface area contributed by atoms with Crippen LogP contribution < -0.4 is 33.2 Å². The highest BCUT2D eigenvalue weighted by molar-refractivity contribution is 5.95. The van der Waals surface area contributed by atoms with Crippen LogP contribution >= 0.6 is 0 Å². The summed E-state index contributed by atoms with van der Waals surface area (Å²) in [6, 6.07) is -5.63. The van der Waals surface area contributed by atoms with Gasteiger partial charge in [-0.05, 0) is 25.2 Å². The van der Waals surface area contributed by atoms with Gasteiger partial charge in [-0.25, -0.2) is 4.79 Å². The first-order chi connectivity index (χ1) is 16.6. The van der Waals surface area contributed by atoms with Crippen LogP contribution in [0.25, 0.3) is 0 Å². The minimum atomic E-state index is -1.63. The SMILES string of the molecule is CC(C)[C@H](N)C(=O)N[C@@H](CC(=O)O)C(=O)N[C@@H](CCC(=O)O)C(=O)N[C@@H](CCCN=C(N)N)C(=O)O. The molecule has 3 amide bonds. The summed E-state index contributed by atoms with van der Waals surface area (Å²) in [5.74, 6) is -7.56. The molecule has 0 aromatic carbocycles. The van der Waals surface area contributed by atoms with Crippen molar-refractivity contribution < 1.29 is 44.1 Å². The number of carbonyl (C=O) groups excluding carboxylic acids is 3. The lowest BCUT2D eigenvalue weighted by Crippen LogP contribution is -2.58. The maximum atomic E-state index is 12.7. The molecule has 0 unspecified atom stereocenters. The number of nitrogens with zero attached hydrogens (tertiary/aromatic N) is 1. The van der Waals surface area contributed by atoms with E-state index in [4.69, 9.17) is 27.4 Å². The minimum absolute atomic E-state index is 0.0811. The third-order valence-corrected chi connectivity index (χ3v) is 4.87. The number of nitrogens with one attached hydrogen (secondary N) is 3. The summed E-state index contributed by atoms with van der Waals surface area (Å²) in [6.45, 7) is 3.37. The Bertz CT molecular complexity index is 843. The van der Waals surface area contributed by atoms with E-state index in [1.165, 1.54) is 0 Å². The monoisotopic (exact) mass is 517 g/mol. The molecule has 0 saturated carbocycles. The quantitative estimate of drug-likeness (QED) is 0.0526. The summed E-state index contributed by atoms with van der Waals surface area (Å²) >= 11 is 0. The Morgan fingerprint density at radius 3 is 1.78 bits per heavy atom. The maximum Gasteiger partial charge on any atom is 0.326 e. The number of nitrogens with two attached hydrogens (primary N) is 3. The second kappa shape index (κ2) is 15.9. The topological polar surface area (TPSA) is 290 Å². The van der Waals surface area contributed by atoms with Crippen molar-refractivity contribution in [3.8, 4) is 0 Å². The number of rotatable bonds is 17. The summed E-state index contributed by atoms with van der Waals surface area (Å²) in [6.07, 6.45) is -1.76. The summed E-state index contributed by atoms with van der Waals surface area (Å²) in [7, 11) is 0. The highest BCUT2D eigenvalue weighted by Crippen LogP contribution is 2.06. The molecule has 16 heteroatoms. The van der Waals surface area contributed by atoms with Gasteiger partial charge in [-0.3, -0.25) is 29.0 Å². The van der Waals surface area contributed by atoms with Gasteiger partial charge in [0, 0.05) is 13.0 Å². The fourth-order valence-electron chi connectivity index (χ4n) is 2.80. The van der Waals surface area contributed by atoms with Gasteiger partial charge in [-0.2, -0.15) is 0 Å². The third-order valence-electron chi connectivity index (χ3n) is 4.87. The van der Waals surface area contributed by atoms with Crippen molar-refractivity contribution in [3.63, 3.8) is 0 Å². The second-order valence-electron chi connectivity index (χ2n) is 8.27. The molecule has 0 aliphatic carbocycles. The highest BCUT2D eigenvalue weighted by atomic mass is 16.4. The smallest absolute Gasteiger partial charge is 0.326 e. The van der Waals surface area contributed by atoms with Crippen molar-refractivity contribution in [2.75, 3.05) is 6.54 Å². The first-order valence-corrected chi connectivity index (χ1v) is 11.0. The molecule has 0 rings (SSSR count). The summed E-state index contributed by atoms with van der Waals surface area (Å²) in [5, 5.41) is 34.1. The Hall–Kier alpha value is -3.95. The van der Waals surface area contributed by atoms with E-state index in [2.05, 4.69) is 20.9 Å². The Morgan fingerprint density at radius 1 is 0.778 bits per heavy atom. The van der Waals surface area contributed by atoms with E-state index >= 15 is 0 Å². The lowest BCUT2D eigenvalue weighted by atomic mass is 10.0. The number of hydrogen-bond donors (Lipinski definition) is 9. The molecule has 0 bridgehead atoms. The average molecular weight is 518 g/mol. The van der Waals surface area contributed by atoms with E-state index in [1.807, 2.05) is 0 Å². The van der Waals surface area contributed by atoms with Crippen LogP contribution in [0.2, 0.25) is 0 Å². The van der Waals surface area contributed by atoms with E-state index in [0.29, 0.717) is 0 Å². The fourth-order valence-corrected chi connectivity index (χ4v) is 2.80. The summed E-state index contributed by atoms with van der Waals surface area (Å²) in [5.41, 5.74) is 16.1. The van der Waals surface area contributed by atoms with E-state index in [0.717, 1.165) is 0 Å². The molecule has 204 valence electrons. The van der Waals surface area contributed by atoms with Crippen LogP contribution in [-0.4, -0.2) is 87.6 Å². The number of hydrogen-bond acceptors (Lipinski definition) is 8. The number of carboxylic acids is 3.